The van der Waals surface area contributed by atoms with Crippen molar-refractivity contribution in [2.45, 2.75) is 98.0 Å². The lowest BCUT2D eigenvalue weighted by Gasteiger charge is -2.38. The quantitative estimate of drug-likeness (QED) is 0.463. The summed E-state index contributed by atoms with van der Waals surface area (Å²) in [6, 6.07) is 1.42. The highest BCUT2D eigenvalue weighted by Gasteiger charge is 2.34. The summed E-state index contributed by atoms with van der Waals surface area (Å²) < 4.78 is 0. The first-order chi connectivity index (χ1) is 9.51. The molecule has 0 aromatic carbocycles. The fourth-order valence-electron chi connectivity index (χ4n) is 4.31. The molecular weight excluding hydrogens is 255 g/mol. The summed E-state index contributed by atoms with van der Waals surface area (Å²) in [6.07, 6.45) is 11.4. The summed E-state index contributed by atoms with van der Waals surface area (Å²) in [5.74, 6) is 0.945. The average Bonchev–Trinajstić information content (AvgIpc) is 2.48. The largest absolute Gasteiger partial charge is 0.169 e. The highest BCUT2D eigenvalue weighted by Crippen LogP contribution is 2.39. The van der Waals surface area contributed by atoms with Crippen LogP contribution in [-0.2, 0) is 0 Å². The molecule has 0 bridgehead atoms. The van der Waals surface area contributed by atoms with E-state index in [1.807, 2.05) is 10.7 Å². The normalized spacial score (nSPS) is 18.9. The molecule has 0 spiro atoms. The molecule has 116 valence electrons. The molecule has 1 aliphatic carbocycles. The number of allylic oxidation sites excluding steroid dienone is 2. The van der Waals surface area contributed by atoms with E-state index in [9.17, 15) is 0 Å². The van der Waals surface area contributed by atoms with Gasteiger partial charge in [-0.1, -0.05) is 83.9 Å². The molecule has 20 heavy (non-hydrogen) atoms. The van der Waals surface area contributed by atoms with Crippen LogP contribution in [0.25, 0.3) is 0 Å². The van der Waals surface area contributed by atoms with Gasteiger partial charge in [0.25, 0.3) is 0 Å². The van der Waals surface area contributed by atoms with Crippen molar-refractivity contribution in [1.82, 2.24) is 0 Å². The van der Waals surface area contributed by atoms with Crippen molar-refractivity contribution in [1.29, 1.82) is 0 Å². The van der Waals surface area contributed by atoms with Crippen LogP contribution in [0.1, 0.15) is 66.2 Å². The zero-order chi connectivity index (χ0) is 15.2. The summed E-state index contributed by atoms with van der Waals surface area (Å²) >= 11 is 0. The third kappa shape index (κ3) is 4.26. The fourth-order valence-corrected chi connectivity index (χ4v) is 7.34. The maximum Gasteiger partial charge on any atom is 0.169 e. The molecule has 0 unspecified atom stereocenters. The third-order valence-corrected chi connectivity index (χ3v) is 9.79. The van der Waals surface area contributed by atoms with E-state index in [0.29, 0.717) is 0 Å². The van der Waals surface area contributed by atoms with Gasteiger partial charge >= 0.3 is 0 Å². The Morgan fingerprint density at radius 3 is 1.90 bits per heavy atom. The molecule has 0 N–H and O–H groups in total. The van der Waals surface area contributed by atoms with E-state index in [1.165, 1.54) is 57.2 Å². The molecule has 1 rings (SSSR count). The minimum absolute atomic E-state index is 0.857. The van der Waals surface area contributed by atoms with Gasteiger partial charge in [0.05, 0.1) is 8.07 Å². The van der Waals surface area contributed by atoms with Crippen LogP contribution in [0.4, 0.5) is 0 Å². The van der Waals surface area contributed by atoms with Crippen LogP contribution in [0, 0.1) is 5.92 Å². The Balaban J connectivity index is 3.24. The topological polar surface area (TPSA) is 0 Å². The molecule has 0 heterocycles. The van der Waals surface area contributed by atoms with Crippen LogP contribution >= 0.6 is 0 Å². The van der Waals surface area contributed by atoms with E-state index in [2.05, 4.69) is 40.8 Å². The molecular formula is C18H37BSi. The van der Waals surface area contributed by atoms with Crippen LogP contribution < -0.4 is 0 Å². The first-order valence-electron chi connectivity index (χ1n) is 9.25. The van der Waals surface area contributed by atoms with Crippen molar-refractivity contribution >= 4 is 14.8 Å². The van der Waals surface area contributed by atoms with Gasteiger partial charge in [0.15, 0.2) is 6.71 Å². The van der Waals surface area contributed by atoms with Gasteiger partial charge in [-0.05, 0) is 25.2 Å². The lowest BCUT2D eigenvalue weighted by atomic mass is 9.40. The van der Waals surface area contributed by atoms with Gasteiger partial charge in [0, 0.05) is 0 Å². The van der Waals surface area contributed by atoms with Crippen molar-refractivity contribution in [3.05, 3.63) is 10.7 Å². The average molecular weight is 292 g/mol. The van der Waals surface area contributed by atoms with Crippen molar-refractivity contribution in [3.63, 3.8) is 0 Å². The van der Waals surface area contributed by atoms with E-state index in [1.54, 1.807) is 0 Å². The van der Waals surface area contributed by atoms with Gasteiger partial charge in [0.1, 0.15) is 0 Å². The second-order valence-corrected chi connectivity index (χ2v) is 12.4. The molecule has 0 amide bonds. The predicted molar refractivity (Wildman–Crippen MR) is 98.6 cm³/mol. The first kappa shape index (κ1) is 18.1. The van der Waals surface area contributed by atoms with Gasteiger partial charge in [-0.25, -0.2) is 0 Å². The Kier molecular flexibility index (Phi) is 7.65. The molecule has 0 radical (unpaired) electrons. The Bertz CT molecular complexity index is 309. The van der Waals surface area contributed by atoms with Crippen LogP contribution in [0.5, 0.6) is 0 Å². The second-order valence-electron chi connectivity index (χ2n) is 7.38. The van der Waals surface area contributed by atoms with Crippen molar-refractivity contribution in [2.75, 3.05) is 0 Å². The van der Waals surface area contributed by atoms with Crippen LogP contribution in [0.3, 0.4) is 0 Å². The van der Waals surface area contributed by atoms with Gasteiger partial charge < -0.3 is 0 Å². The van der Waals surface area contributed by atoms with Gasteiger partial charge in [0.2, 0.25) is 0 Å². The zero-order valence-electron chi connectivity index (χ0n) is 15.0. The van der Waals surface area contributed by atoms with Crippen LogP contribution in [0.2, 0.25) is 31.8 Å². The van der Waals surface area contributed by atoms with E-state index in [4.69, 9.17) is 0 Å². The van der Waals surface area contributed by atoms with Gasteiger partial charge in [-0.3, -0.25) is 0 Å². The highest BCUT2D eigenvalue weighted by atomic mass is 28.3. The summed E-state index contributed by atoms with van der Waals surface area (Å²) in [6.45, 7) is 15.8. The standard InChI is InChI=1S/C18H37BSi/c1-7-17(19(8-2)9-3)18(20(5,6)10-4)16-14-12-11-13-15-16/h16H,7-15H2,1-6H3/b18-17-. The van der Waals surface area contributed by atoms with E-state index >= 15 is 0 Å². The maximum atomic E-state index is 2.63. The third-order valence-electron chi connectivity index (χ3n) is 5.83. The molecule has 0 aromatic heterocycles. The molecule has 0 aliphatic heterocycles. The lowest BCUT2D eigenvalue weighted by Crippen LogP contribution is -2.37. The molecule has 0 aromatic rings. The number of hydrogen-bond acceptors (Lipinski definition) is 0. The molecule has 1 saturated carbocycles. The first-order valence-corrected chi connectivity index (χ1v) is 12.5. The van der Waals surface area contributed by atoms with Crippen LogP contribution in [0.15, 0.2) is 10.7 Å². The molecule has 1 aliphatic rings. The molecule has 0 nitrogen and oxygen atoms in total. The molecule has 1 fully saturated rings. The predicted octanol–water partition coefficient (Wildman–Crippen LogP) is 6.61. The van der Waals surface area contributed by atoms with Crippen molar-refractivity contribution in [3.8, 4) is 0 Å². The number of rotatable bonds is 7. The highest BCUT2D eigenvalue weighted by molar-refractivity contribution is 6.86. The van der Waals surface area contributed by atoms with Crippen molar-refractivity contribution < 1.29 is 0 Å². The Morgan fingerprint density at radius 2 is 1.50 bits per heavy atom. The summed E-state index contributed by atoms with van der Waals surface area (Å²) in [5.41, 5.74) is 1.89. The SMILES string of the molecule is CCB(CC)/C(CC)=C(/C1CCCCC1)[Si](C)(C)CC. The minimum atomic E-state index is -1.19. The van der Waals surface area contributed by atoms with Crippen molar-refractivity contribution in [2.24, 2.45) is 5.92 Å². The zero-order valence-corrected chi connectivity index (χ0v) is 16.0. The fraction of sp³-hybridized carbons (Fsp3) is 0.889. The maximum absolute atomic E-state index is 2.63. The minimum Gasteiger partial charge on any atom is -0.106 e. The van der Waals surface area contributed by atoms with Crippen LogP contribution in [-0.4, -0.2) is 14.8 Å². The van der Waals surface area contributed by atoms with E-state index in [-0.39, 0.29) is 0 Å². The van der Waals surface area contributed by atoms with E-state index < -0.39 is 8.07 Å². The Morgan fingerprint density at radius 1 is 0.950 bits per heavy atom. The van der Waals surface area contributed by atoms with E-state index in [0.717, 1.165) is 12.6 Å². The molecule has 2 heteroatoms. The van der Waals surface area contributed by atoms with Gasteiger partial charge in [-0.15, -0.1) is 5.47 Å². The monoisotopic (exact) mass is 292 g/mol. The molecule has 0 atom stereocenters. The Hall–Kier alpha value is 0.0218. The summed E-state index contributed by atoms with van der Waals surface area (Å²) in [5, 5.41) is 2.01. The lowest BCUT2D eigenvalue weighted by molar-refractivity contribution is 0.410. The number of hydrogen-bond donors (Lipinski definition) is 0. The summed E-state index contributed by atoms with van der Waals surface area (Å²) in [7, 11) is -1.19. The van der Waals surface area contributed by atoms with Gasteiger partial charge in [-0.2, -0.15) is 0 Å². The second kappa shape index (κ2) is 8.46. The summed E-state index contributed by atoms with van der Waals surface area (Å²) in [4.78, 5) is 0. The Labute approximate surface area is 129 Å². The molecule has 0 saturated heterocycles. The smallest absolute Gasteiger partial charge is 0.106 e.